The maximum Gasteiger partial charge on any atom is 0.0544 e. The molecule has 0 unspecified atom stereocenters. The molecule has 0 amide bonds. The highest BCUT2D eigenvalue weighted by Crippen LogP contribution is 2.49. The minimum absolute atomic E-state index is 0.656. The van der Waals surface area contributed by atoms with Gasteiger partial charge in [0.15, 0.2) is 0 Å². The third-order valence-corrected chi connectivity index (χ3v) is 7.15. The van der Waals surface area contributed by atoms with Crippen LogP contribution in [-0.4, -0.2) is 44.4 Å². The van der Waals surface area contributed by atoms with Crippen molar-refractivity contribution < 1.29 is 0 Å². The normalized spacial score (nSPS) is 23.2. The van der Waals surface area contributed by atoms with Crippen LogP contribution in [0.5, 0.6) is 0 Å². The second-order valence-corrected chi connectivity index (χ2v) is 8.80. The largest absolute Gasteiger partial charge is 0.370 e. The molecule has 2 aliphatic heterocycles. The summed E-state index contributed by atoms with van der Waals surface area (Å²) in [6.45, 7) is 2.39. The number of piperidine rings is 1. The Kier molecular flexibility index (Phi) is 4.54. The fourth-order valence-corrected chi connectivity index (χ4v) is 5.55. The molecule has 2 aliphatic rings. The van der Waals surface area contributed by atoms with Crippen LogP contribution in [0, 0.1) is 0 Å². The SMILES string of the molecule is CSc1ccc(Sc2cccc3c2N(C)[C@@H]2CCN(C)C[C@@H]32)cc1. The molecule has 2 heterocycles. The van der Waals surface area contributed by atoms with Crippen LogP contribution in [0.25, 0.3) is 0 Å². The quantitative estimate of drug-likeness (QED) is 0.729. The van der Waals surface area contributed by atoms with Crippen LogP contribution in [-0.2, 0) is 0 Å². The van der Waals surface area contributed by atoms with Gasteiger partial charge in [0.05, 0.1) is 5.69 Å². The maximum absolute atomic E-state index is 2.55. The van der Waals surface area contributed by atoms with Gasteiger partial charge in [-0.25, -0.2) is 0 Å². The molecule has 0 spiro atoms. The number of rotatable bonds is 3. The summed E-state index contributed by atoms with van der Waals surface area (Å²) in [5.41, 5.74) is 3.00. The number of thioether (sulfide) groups is 1. The van der Waals surface area contributed by atoms with Gasteiger partial charge in [0.25, 0.3) is 0 Å². The number of anilines is 1. The lowest BCUT2D eigenvalue weighted by Crippen LogP contribution is -2.43. The average Bonchev–Trinajstić information content (AvgIpc) is 2.89. The van der Waals surface area contributed by atoms with E-state index >= 15 is 0 Å². The van der Waals surface area contributed by atoms with E-state index in [1.54, 1.807) is 17.3 Å². The topological polar surface area (TPSA) is 6.48 Å². The standard InChI is InChI=1S/C20H24N2S2/c1-21-12-11-18-17(13-21)16-5-4-6-19(20(16)22(18)2)24-15-9-7-14(23-3)8-10-15/h4-10,17-18H,11-13H2,1-3H3/t17-,18+/m0/s1. The van der Waals surface area contributed by atoms with Gasteiger partial charge in [-0.1, -0.05) is 23.9 Å². The number of likely N-dealkylation sites (N-methyl/N-ethyl adjacent to an activating group) is 2. The predicted octanol–water partition coefficient (Wildman–Crippen LogP) is 4.80. The van der Waals surface area contributed by atoms with E-state index in [2.05, 4.69) is 72.6 Å². The van der Waals surface area contributed by atoms with Crippen molar-refractivity contribution in [1.29, 1.82) is 0 Å². The summed E-state index contributed by atoms with van der Waals surface area (Å²) in [5.74, 6) is 0.656. The monoisotopic (exact) mass is 356 g/mol. The van der Waals surface area contributed by atoms with Crippen molar-refractivity contribution in [2.24, 2.45) is 0 Å². The molecule has 2 atom stereocenters. The number of benzene rings is 2. The Bertz CT molecular complexity index is 729. The molecule has 1 fully saturated rings. The first-order valence-corrected chi connectivity index (χ1v) is 10.6. The van der Waals surface area contributed by atoms with E-state index in [1.165, 1.54) is 39.9 Å². The Labute approximate surface area is 153 Å². The van der Waals surface area contributed by atoms with E-state index in [-0.39, 0.29) is 0 Å². The Hall–Kier alpha value is -1.10. The van der Waals surface area contributed by atoms with Crippen molar-refractivity contribution in [3.8, 4) is 0 Å². The Morgan fingerprint density at radius 2 is 1.75 bits per heavy atom. The molecule has 0 radical (unpaired) electrons. The zero-order chi connectivity index (χ0) is 16.7. The van der Waals surface area contributed by atoms with Gasteiger partial charge in [-0.15, -0.1) is 11.8 Å². The van der Waals surface area contributed by atoms with Gasteiger partial charge >= 0.3 is 0 Å². The van der Waals surface area contributed by atoms with Crippen LogP contribution in [0.4, 0.5) is 5.69 Å². The molecule has 0 saturated carbocycles. The third-order valence-electron chi connectivity index (χ3n) is 5.35. The van der Waals surface area contributed by atoms with Gasteiger partial charge in [0.1, 0.15) is 0 Å². The summed E-state index contributed by atoms with van der Waals surface area (Å²) in [6, 6.07) is 16.4. The van der Waals surface area contributed by atoms with Crippen molar-refractivity contribution in [1.82, 2.24) is 4.90 Å². The lowest BCUT2D eigenvalue weighted by Gasteiger charge is -2.35. The van der Waals surface area contributed by atoms with Crippen molar-refractivity contribution in [2.75, 3.05) is 38.3 Å². The number of fused-ring (bicyclic) bond motifs is 3. The summed E-state index contributed by atoms with van der Waals surface area (Å²) < 4.78 is 0. The molecule has 4 rings (SSSR count). The summed E-state index contributed by atoms with van der Waals surface area (Å²) in [4.78, 5) is 9.06. The molecule has 0 aromatic heterocycles. The number of hydrogen-bond acceptors (Lipinski definition) is 4. The van der Waals surface area contributed by atoms with E-state index < -0.39 is 0 Å². The van der Waals surface area contributed by atoms with Crippen LogP contribution in [0.3, 0.4) is 0 Å². The highest BCUT2D eigenvalue weighted by molar-refractivity contribution is 7.99. The summed E-state index contributed by atoms with van der Waals surface area (Å²) in [5, 5.41) is 0. The van der Waals surface area contributed by atoms with Gasteiger partial charge in [-0.2, -0.15) is 0 Å². The highest BCUT2D eigenvalue weighted by atomic mass is 32.2. The van der Waals surface area contributed by atoms with Crippen molar-refractivity contribution in [3.63, 3.8) is 0 Å². The van der Waals surface area contributed by atoms with E-state index in [1.807, 2.05) is 11.8 Å². The van der Waals surface area contributed by atoms with E-state index in [4.69, 9.17) is 0 Å². The van der Waals surface area contributed by atoms with E-state index in [9.17, 15) is 0 Å². The number of para-hydroxylation sites is 1. The first kappa shape index (κ1) is 16.4. The predicted molar refractivity (Wildman–Crippen MR) is 106 cm³/mol. The molecule has 0 bridgehead atoms. The first-order valence-electron chi connectivity index (χ1n) is 8.53. The van der Waals surface area contributed by atoms with Crippen LogP contribution in [0.15, 0.2) is 57.2 Å². The highest BCUT2D eigenvalue weighted by Gasteiger charge is 2.40. The zero-order valence-corrected chi connectivity index (χ0v) is 16.2. The molecule has 1 saturated heterocycles. The molecule has 24 heavy (non-hydrogen) atoms. The average molecular weight is 357 g/mol. The van der Waals surface area contributed by atoms with Crippen molar-refractivity contribution in [3.05, 3.63) is 48.0 Å². The summed E-state index contributed by atoms with van der Waals surface area (Å²) in [7, 11) is 4.54. The second-order valence-electron chi connectivity index (χ2n) is 6.81. The Balaban J connectivity index is 1.66. The van der Waals surface area contributed by atoms with Crippen LogP contribution >= 0.6 is 23.5 Å². The fourth-order valence-electron chi connectivity index (χ4n) is 4.11. The molecule has 4 heteroatoms. The van der Waals surface area contributed by atoms with Gasteiger partial charge in [-0.3, -0.25) is 0 Å². The van der Waals surface area contributed by atoms with Crippen LogP contribution in [0.1, 0.15) is 17.9 Å². The smallest absolute Gasteiger partial charge is 0.0544 e. The van der Waals surface area contributed by atoms with Crippen LogP contribution < -0.4 is 4.90 Å². The second kappa shape index (κ2) is 6.66. The molecular formula is C20H24N2S2. The lowest BCUT2D eigenvalue weighted by molar-refractivity contribution is 0.234. The number of nitrogens with zero attached hydrogens (tertiary/aromatic N) is 2. The molecule has 2 aromatic carbocycles. The molecule has 0 aliphatic carbocycles. The zero-order valence-electron chi connectivity index (χ0n) is 14.5. The number of hydrogen-bond donors (Lipinski definition) is 0. The van der Waals surface area contributed by atoms with Gasteiger partial charge in [0, 0.05) is 40.2 Å². The van der Waals surface area contributed by atoms with E-state index in [0.717, 1.165) is 0 Å². The molecule has 126 valence electrons. The molecule has 2 nitrogen and oxygen atoms in total. The van der Waals surface area contributed by atoms with Crippen LogP contribution in [0.2, 0.25) is 0 Å². The van der Waals surface area contributed by atoms with Gasteiger partial charge < -0.3 is 9.80 Å². The van der Waals surface area contributed by atoms with E-state index in [0.29, 0.717) is 12.0 Å². The van der Waals surface area contributed by atoms with Gasteiger partial charge in [0.2, 0.25) is 0 Å². The lowest BCUT2D eigenvalue weighted by atomic mass is 9.89. The van der Waals surface area contributed by atoms with Gasteiger partial charge in [-0.05, 0) is 62.2 Å². The first-order chi connectivity index (χ1) is 11.7. The third kappa shape index (κ3) is 2.85. The fraction of sp³-hybridized carbons (Fsp3) is 0.400. The minimum Gasteiger partial charge on any atom is -0.370 e. The Morgan fingerprint density at radius 1 is 1.00 bits per heavy atom. The Morgan fingerprint density at radius 3 is 2.50 bits per heavy atom. The maximum atomic E-state index is 2.55. The van der Waals surface area contributed by atoms with Crippen molar-refractivity contribution >= 4 is 29.2 Å². The number of likely N-dealkylation sites (tertiary alicyclic amines) is 1. The molecule has 2 aromatic rings. The molecular weight excluding hydrogens is 332 g/mol. The summed E-state index contributed by atoms with van der Waals surface area (Å²) in [6.07, 6.45) is 3.39. The van der Waals surface area contributed by atoms with Crippen molar-refractivity contribution in [2.45, 2.75) is 33.1 Å². The summed E-state index contributed by atoms with van der Waals surface area (Å²) >= 11 is 3.69. The molecule has 0 N–H and O–H groups in total. The minimum atomic E-state index is 0.656.